The lowest BCUT2D eigenvalue weighted by Crippen LogP contribution is -2.18. The van der Waals surface area contributed by atoms with Crippen LogP contribution in [0.15, 0.2) is 34.2 Å². The summed E-state index contributed by atoms with van der Waals surface area (Å²) in [6.45, 7) is 2.06. The Kier molecular flexibility index (Phi) is 4.31. The van der Waals surface area contributed by atoms with Gasteiger partial charge in [-0.1, -0.05) is 6.07 Å². The molecule has 17 heavy (non-hydrogen) atoms. The number of nitrogens with one attached hydrogen (secondary N) is 1. The number of halogens is 1. The Morgan fingerprint density at radius 3 is 2.76 bits per heavy atom. The first kappa shape index (κ1) is 12.7. The Morgan fingerprint density at radius 2 is 2.24 bits per heavy atom. The maximum absolute atomic E-state index is 4.45. The van der Waals surface area contributed by atoms with Crippen molar-refractivity contribution in [2.24, 2.45) is 0 Å². The van der Waals surface area contributed by atoms with Gasteiger partial charge in [0.2, 0.25) is 0 Å². The van der Waals surface area contributed by atoms with E-state index < -0.39 is 0 Å². The van der Waals surface area contributed by atoms with Crippen molar-refractivity contribution < 1.29 is 0 Å². The van der Waals surface area contributed by atoms with Crippen LogP contribution in [0.1, 0.15) is 22.2 Å². The molecule has 90 valence electrons. The molecule has 0 aliphatic heterocycles. The van der Waals surface area contributed by atoms with Crippen molar-refractivity contribution in [2.75, 3.05) is 7.05 Å². The molecule has 1 atom stereocenters. The topological polar surface area (TPSA) is 24.9 Å². The molecule has 0 amide bonds. The van der Waals surface area contributed by atoms with Crippen LogP contribution in [0.4, 0.5) is 0 Å². The first-order valence-electron chi connectivity index (χ1n) is 5.52. The highest BCUT2D eigenvalue weighted by Crippen LogP contribution is 2.30. The first-order chi connectivity index (χ1) is 8.20. The van der Waals surface area contributed by atoms with Crippen LogP contribution >= 0.6 is 27.3 Å². The molecule has 1 unspecified atom stereocenters. The number of aromatic nitrogens is 1. The lowest BCUT2D eigenvalue weighted by Gasteiger charge is -2.15. The standard InChI is InChI=1S/C13H15BrN2S/c1-9-3-4-10(16-8-9)7-12(15-2)13-11(14)5-6-17-13/h3-6,8,12,15H,7H2,1-2H3. The summed E-state index contributed by atoms with van der Waals surface area (Å²) in [6.07, 6.45) is 2.83. The van der Waals surface area contributed by atoms with Crippen LogP contribution in [0.3, 0.4) is 0 Å². The number of rotatable bonds is 4. The van der Waals surface area contributed by atoms with E-state index >= 15 is 0 Å². The normalized spacial score (nSPS) is 12.6. The summed E-state index contributed by atoms with van der Waals surface area (Å²) in [5, 5.41) is 5.45. The van der Waals surface area contributed by atoms with Crippen molar-refractivity contribution in [3.63, 3.8) is 0 Å². The zero-order chi connectivity index (χ0) is 12.3. The summed E-state index contributed by atoms with van der Waals surface area (Å²) in [5.74, 6) is 0. The Hall–Kier alpha value is -0.710. The van der Waals surface area contributed by atoms with Crippen LogP contribution in [-0.2, 0) is 6.42 Å². The minimum atomic E-state index is 0.319. The SMILES string of the molecule is CNC(Cc1ccc(C)cn1)c1sccc1Br. The van der Waals surface area contributed by atoms with Gasteiger partial charge in [0.1, 0.15) is 0 Å². The van der Waals surface area contributed by atoms with Gasteiger partial charge in [-0.05, 0) is 53.0 Å². The number of likely N-dealkylation sites (N-methyl/N-ethyl adjacent to an activating group) is 1. The van der Waals surface area contributed by atoms with Gasteiger partial charge in [-0.25, -0.2) is 0 Å². The second kappa shape index (κ2) is 5.76. The van der Waals surface area contributed by atoms with E-state index in [1.807, 2.05) is 13.2 Å². The van der Waals surface area contributed by atoms with Crippen molar-refractivity contribution in [3.05, 3.63) is 50.4 Å². The zero-order valence-corrected chi connectivity index (χ0v) is 12.3. The van der Waals surface area contributed by atoms with Gasteiger partial charge >= 0.3 is 0 Å². The van der Waals surface area contributed by atoms with Gasteiger partial charge in [0.25, 0.3) is 0 Å². The molecule has 2 rings (SSSR count). The average molecular weight is 311 g/mol. The van der Waals surface area contributed by atoms with Gasteiger partial charge in [-0.2, -0.15) is 0 Å². The van der Waals surface area contributed by atoms with Crippen LogP contribution in [0.25, 0.3) is 0 Å². The molecule has 0 bridgehead atoms. The van der Waals surface area contributed by atoms with Crippen LogP contribution in [0.2, 0.25) is 0 Å². The monoisotopic (exact) mass is 310 g/mol. The average Bonchev–Trinajstić information content (AvgIpc) is 2.75. The second-order valence-electron chi connectivity index (χ2n) is 4.01. The summed E-state index contributed by atoms with van der Waals surface area (Å²) in [7, 11) is 1.99. The van der Waals surface area contributed by atoms with Gasteiger partial charge in [0.15, 0.2) is 0 Å². The molecular weight excluding hydrogens is 296 g/mol. The molecule has 0 saturated carbocycles. The lowest BCUT2D eigenvalue weighted by molar-refractivity contribution is 0.592. The van der Waals surface area contributed by atoms with Gasteiger partial charge in [0, 0.05) is 33.7 Å². The highest BCUT2D eigenvalue weighted by Gasteiger charge is 2.15. The summed E-state index contributed by atoms with van der Waals surface area (Å²) in [6, 6.07) is 6.62. The minimum Gasteiger partial charge on any atom is -0.312 e. The van der Waals surface area contributed by atoms with Crippen molar-refractivity contribution >= 4 is 27.3 Å². The Balaban J connectivity index is 2.16. The van der Waals surface area contributed by atoms with Crippen LogP contribution < -0.4 is 5.32 Å². The largest absolute Gasteiger partial charge is 0.312 e. The fraction of sp³-hybridized carbons (Fsp3) is 0.308. The van der Waals surface area contributed by atoms with Crippen LogP contribution in [0, 0.1) is 6.92 Å². The van der Waals surface area contributed by atoms with Crippen molar-refractivity contribution in [3.8, 4) is 0 Å². The van der Waals surface area contributed by atoms with Gasteiger partial charge in [-0.15, -0.1) is 11.3 Å². The van der Waals surface area contributed by atoms with E-state index in [-0.39, 0.29) is 0 Å². The highest BCUT2D eigenvalue weighted by molar-refractivity contribution is 9.10. The maximum Gasteiger partial charge on any atom is 0.0479 e. The van der Waals surface area contributed by atoms with E-state index in [9.17, 15) is 0 Å². The molecule has 4 heteroatoms. The molecule has 0 aliphatic carbocycles. The Labute approximate surface area is 114 Å². The molecule has 2 aromatic heterocycles. The predicted molar refractivity (Wildman–Crippen MR) is 76.5 cm³/mol. The molecule has 1 N–H and O–H groups in total. The number of pyridine rings is 1. The molecular formula is C13H15BrN2S. The molecule has 0 radical (unpaired) electrons. The number of thiophene rings is 1. The first-order valence-corrected chi connectivity index (χ1v) is 7.19. The summed E-state index contributed by atoms with van der Waals surface area (Å²) >= 11 is 5.35. The van der Waals surface area contributed by atoms with E-state index in [2.05, 4.69) is 56.7 Å². The zero-order valence-electron chi connectivity index (χ0n) is 9.90. The molecule has 2 aromatic rings. The third-order valence-electron chi connectivity index (χ3n) is 2.70. The summed E-state index contributed by atoms with van der Waals surface area (Å²) in [5.41, 5.74) is 2.32. The van der Waals surface area contributed by atoms with Crippen LogP contribution in [-0.4, -0.2) is 12.0 Å². The molecule has 0 spiro atoms. The maximum atomic E-state index is 4.45. The van der Waals surface area contributed by atoms with Crippen LogP contribution in [0.5, 0.6) is 0 Å². The number of nitrogens with zero attached hydrogens (tertiary/aromatic N) is 1. The van der Waals surface area contributed by atoms with E-state index in [4.69, 9.17) is 0 Å². The molecule has 2 nitrogen and oxygen atoms in total. The predicted octanol–water partition coefficient (Wildman–Crippen LogP) is 3.72. The van der Waals surface area contributed by atoms with E-state index in [1.165, 1.54) is 14.9 Å². The molecule has 2 heterocycles. The molecule has 0 fully saturated rings. The number of hydrogen-bond acceptors (Lipinski definition) is 3. The van der Waals surface area contributed by atoms with E-state index in [0.717, 1.165) is 12.1 Å². The van der Waals surface area contributed by atoms with Gasteiger partial charge in [0.05, 0.1) is 0 Å². The third-order valence-corrected chi connectivity index (χ3v) is 4.68. The fourth-order valence-corrected chi connectivity index (χ4v) is 3.47. The smallest absolute Gasteiger partial charge is 0.0479 e. The molecule has 0 aromatic carbocycles. The number of aryl methyl sites for hydroxylation is 1. The third kappa shape index (κ3) is 3.15. The van der Waals surface area contributed by atoms with Gasteiger partial charge < -0.3 is 5.32 Å². The van der Waals surface area contributed by atoms with E-state index in [1.54, 1.807) is 11.3 Å². The molecule has 0 aliphatic rings. The number of hydrogen-bond donors (Lipinski definition) is 1. The fourth-order valence-electron chi connectivity index (χ4n) is 1.71. The van der Waals surface area contributed by atoms with Crippen molar-refractivity contribution in [2.45, 2.75) is 19.4 Å². The Bertz CT molecular complexity index is 478. The van der Waals surface area contributed by atoms with Crippen molar-refractivity contribution in [1.29, 1.82) is 0 Å². The minimum absolute atomic E-state index is 0.319. The summed E-state index contributed by atoms with van der Waals surface area (Å²) in [4.78, 5) is 5.78. The van der Waals surface area contributed by atoms with Crippen molar-refractivity contribution in [1.82, 2.24) is 10.3 Å². The molecule has 0 saturated heterocycles. The van der Waals surface area contributed by atoms with Gasteiger partial charge in [-0.3, -0.25) is 4.98 Å². The highest BCUT2D eigenvalue weighted by atomic mass is 79.9. The summed E-state index contributed by atoms with van der Waals surface area (Å²) < 4.78 is 1.17. The Morgan fingerprint density at radius 1 is 1.41 bits per heavy atom. The lowest BCUT2D eigenvalue weighted by atomic mass is 10.1. The van der Waals surface area contributed by atoms with E-state index in [0.29, 0.717) is 6.04 Å². The quantitative estimate of drug-likeness (QED) is 0.931. The second-order valence-corrected chi connectivity index (χ2v) is 5.81.